The average Bonchev–Trinajstić information content (AvgIpc) is 2.94. The summed E-state index contributed by atoms with van der Waals surface area (Å²) in [4.78, 5) is 25.2. The summed E-state index contributed by atoms with van der Waals surface area (Å²) in [7, 11) is 1.77. The molecule has 1 amide bonds. The molecule has 4 nitrogen and oxygen atoms in total. The van der Waals surface area contributed by atoms with E-state index in [4.69, 9.17) is 5.11 Å². The highest BCUT2D eigenvalue weighted by molar-refractivity contribution is 5.85. The molecule has 2 unspecified atom stereocenters. The minimum absolute atomic E-state index is 0.0224. The van der Waals surface area contributed by atoms with Gasteiger partial charge in [0.05, 0.1) is 11.8 Å². The molecule has 0 saturated heterocycles. The zero-order valence-electron chi connectivity index (χ0n) is 11.8. The van der Waals surface area contributed by atoms with Crippen molar-refractivity contribution in [1.29, 1.82) is 0 Å². The maximum Gasteiger partial charge on any atom is 0.307 e. The highest BCUT2D eigenvalue weighted by atomic mass is 16.4. The van der Waals surface area contributed by atoms with Crippen molar-refractivity contribution in [2.45, 2.75) is 25.7 Å². The standard InChI is InChI=1S/C16H21NO3/c1-17(11-10-12-6-3-2-4-7-12)15(18)13-8-5-9-14(13)16(19)20/h2-4,6-7,13-14H,5,8-11H2,1H3,(H,19,20). The Morgan fingerprint density at radius 3 is 2.50 bits per heavy atom. The van der Waals surface area contributed by atoms with Crippen LogP contribution in [0, 0.1) is 11.8 Å². The first-order valence-corrected chi connectivity index (χ1v) is 7.11. The van der Waals surface area contributed by atoms with Crippen molar-refractivity contribution in [3.05, 3.63) is 35.9 Å². The minimum atomic E-state index is -0.836. The Morgan fingerprint density at radius 1 is 1.20 bits per heavy atom. The molecule has 0 bridgehead atoms. The zero-order valence-corrected chi connectivity index (χ0v) is 11.8. The lowest BCUT2D eigenvalue weighted by Crippen LogP contribution is -2.37. The molecule has 2 atom stereocenters. The van der Waals surface area contributed by atoms with Crippen molar-refractivity contribution >= 4 is 11.9 Å². The number of aliphatic carboxylic acids is 1. The van der Waals surface area contributed by atoms with E-state index in [9.17, 15) is 9.59 Å². The third-order valence-corrected chi connectivity index (χ3v) is 4.11. The van der Waals surface area contributed by atoms with Crippen LogP contribution in [0.15, 0.2) is 30.3 Å². The van der Waals surface area contributed by atoms with Crippen molar-refractivity contribution in [2.24, 2.45) is 11.8 Å². The summed E-state index contributed by atoms with van der Waals surface area (Å²) in [5, 5.41) is 9.15. The lowest BCUT2D eigenvalue weighted by Gasteiger charge is -2.23. The molecule has 1 aromatic carbocycles. The summed E-state index contributed by atoms with van der Waals surface area (Å²) in [5.74, 6) is -1.70. The summed E-state index contributed by atoms with van der Waals surface area (Å²) in [6.07, 6.45) is 2.96. The fraction of sp³-hybridized carbons (Fsp3) is 0.500. The Labute approximate surface area is 119 Å². The first-order chi connectivity index (χ1) is 9.59. The molecule has 108 valence electrons. The molecule has 1 aromatic rings. The van der Waals surface area contributed by atoms with Gasteiger partial charge in [-0.3, -0.25) is 9.59 Å². The first kappa shape index (κ1) is 14.6. The molecule has 1 aliphatic rings. The lowest BCUT2D eigenvalue weighted by molar-refractivity contribution is -0.148. The van der Waals surface area contributed by atoms with E-state index in [1.165, 1.54) is 5.56 Å². The maximum absolute atomic E-state index is 12.3. The number of hydrogen-bond acceptors (Lipinski definition) is 2. The SMILES string of the molecule is CN(CCc1ccccc1)C(=O)C1CCCC1C(=O)O. The van der Waals surface area contributed by atoms with Crippen LogP contribution in [0.4, 0.5) is 0 Å². The van der Waals surface area contributed by atoms with E-state index in [1.54, 1.807) is 11.9 Å². The highest BCUT2D eigenvalue weighted by Gasteiger charge is 2.38. The van der Waals surface area contributed by atoms with Gasteiger partial charge in [-0.1, -0.05) is 36.8 Å². The summed E-state index contributed by atoms with van der Waals surface area (Å²) < 4.78 is 0. The first-order valence-electron chi connectivity index (χ1n) is 7.11. The number of carbonyl (C=O) groups is 2. The van der Waals surface area contributed by atoms with Crippen LogP contribution in [-0.2, 0) is 16.0 Å². The van der Waals surface area contributed by atoms with Crippen LogP contribution >= 0.6 is 0 Å². The van der Waals surface area contributed by atoms with Crippen LogP contribution < -0.4 is 0 Å². The molecule has 0 spiro atoms. The summed E-state index contributed by atoms with van der Waals surface area (Å²) in [6.45, 7) is 0.631. The number of rotatable bonds is 5. The number of likely N-dealkylation sites (N-methyl/N-ethyl adjacent to an activating group) is 1. The van der Waals surface area contributed by atoms with Crippen LogP contribution in [-0.4, -0.2) is 35.5 Å². The molecule has 20 heavy (non-hydrogen) atoms. The van der Waals surface area contributed by atoms with Crippen LogP contribution in [0.1, 0.15) is 24.8 Å². The van der Waals surface area contributed by atoms with Gasteiger partial charge < -0.3 is 10.0 Å². The summed E-state index contributed by atoms with van der Waals surface area (Å²) >= 11 is 0. The minimum Gasteiger partial charge on any atom is -0.481 e. The van der Waals surface area contributed by atoms with Crippen LogP contribution in [0.3, 0.4) is 0 Å². The monoisotopic (exact) mass is 275 g/mol. The fourth-order valence-electron chi connectivity index (χ4n) is 2.89. The quantitative estimate of drug-likeness (QED) is 0.896. The highest BCUT2D eigenvalue weighted by Crippen LogP contribution is 2.33. The largest absolute Gasteiger partial charge is 0.481 e. The number of hydrogen-bond donors (Lipinski definition) is 1. The van der Waals surface area contributed by atoms with Crippen molar-refractivity contribution in [2.75, 3.05) is 13.6 Å². The van der Waals surface area contributed by atoms with E-state index < -0.39 is 11.9 Å². The van der Waals surface area contributed by atoms with E-state index in [-0.39, 0.29) is 11.8 Å². The molecule has 0 aromatic heterocycles. The third-order valence-electron chi connectivity index (χ3n) is 4.11. The van der Waals surface area contributed by atoms with Crippen LogP contribution in [0.25, 0.3) is 0 Å². The smallest absolute Gasteiger partial charge is 0.307 e. The maximum atomic E-state index is 12.3. The molecule has 2 rings (SSSR count). The van der Waals surface area contributed by atoms with Crippen LogP contribution in [0.5, 0.6) is 0 Å². The van der Waals surface area contributed by atoms with Gasteiger partial charge in [-0.15, -0.1) is 0 Å². The molecule has 1 N–H and O–H groups in total. The van der Waals surface area contributed by atoms with Gasteiger partial charge in [0, 0.05) is 13.6 Å². The van der Waals surface area contributed by atoms with Gasteiger partial charge in [0.15, 0.2) is 0 Å². The number of amides is 1. The molecular weight excluding hydrogens is 254 g/mol. The average molecular weight is 275 g/mol. The van der Waals surface area contributed by atoms with E-state index >= 15 is 0 Å². The van der Waals surface area contributed by atoms with Crippen molar-refractivity contribution in [3.63, 3.8) is 0 Å². The van der Waals surface area contributed by atoms with Crippen molar-refractivity contribution in [3.8, 4) is 0 Å². The number of carboxylic acid groups (broad SMARTS) is 1. The molecule has 0 radical (unpaired) electrons. The number of nitrogens with zero attached hydrogens (tertiary/aromatic N) is 1. The van der Waals surface area contributed by atoms with E-state index in [1.807, 2.05) is 30.3 Å². The van der Waals surface area contributed by atoms with Crippen molar-refractivity contribution < 1.29 is 14.7 Å². The Kier molecular flexibility index (Phi) is 4.77. The number of carboxylic acids is 1. The second-order valence-electron chi connectivity index (χ2n) is 5.48. The predicted octanol–water partition coefficient (Wildman–Crippen LogP) is 2.19. The van der Waals surface area contributed by atoms with E-state index in [0.717, 1.165) is 12.8 Å². The second-order valence-corrected chi connectivity index (χ2v) is 5.48. The molecule has 1 aliphatic carbocycles. The fourth-order valence-corrected chi connectivity index (χ4v) is 2.89. The number of carbonyl (C=O) groups excluding carboxylic acids is 1. The molecule has 0 aliphatic heterocycles. The van der Waals surface area contributed by atoms with E-state index in [0.29, 0.717) is 19.4 Å². The third kappa shape index (κ3) is 3.38. The molecule has 0 heterocycles. The molecule has 4 heteroatoms. The molecular formula is C16H21NO3. The van der Waals surface area contributed by atoms with Gasteiger partial charge in [0.25, 0.3) is 0 Å². The van der Waals surface area contributed by atoms with Gasteiger partial charge >= 0.3 is 5.97 Å². The van der Waals surface area contributed by atoms with Gasteiger partial charge in [0.1, 0.15) is 0 Å². The Morgan fingerprint density at radius 2 is 1.85 bits per heavy atom. The predicted molar refractivity (Wildman–Crippen MR) is 76.2 cm³/mol. The topological polar surface area (TPSA) is 57.6 Å². The van der Waals surface area contributed by atoms with Gasteiger partial charge in [-0.25, -0.2) is 0 Å². The summed E-state index contributed by atoms with van der Waals surface area (Å²) in [6, 6.07) is 10.00. The number of benzene rings is 1. The van der Waals surface area contributed by atoms with Crippen molar-refractivity contribution in [1.82, 2.24) is 4.90 Å². The van der Waals surface area contributed by atoms with E-state index in [2.05, 4.69) is 0 Å². The zero-order chi connectivity index (χ0) is 14.5. The molecule has 1 fully saturated rings. The summed E-state index contributed by atoms with van der Waals surface area (Å²) in [5.41, 5.74) is 1.19. The Bertz CT molecular complexity index is 472. The Balaban J connectivity index is 1.90. The Hall–Kier alpha value is -1.84. The lowest BCUT2D eigenvalue weighted by atomic mass is 9.95. The second kappa shape index (κ2) is 6.55. The van der Waals surface area contributed by atoms with Gasteiger partial charge in [-0.05, 0) is 24.8 Å². The molecule has 1 saturated carbocycles. The van der Waals surface area contributed by atoms with Gasteiger partial charge in [-0.2, -0.15) is 0 Å². The van der Waals surface area contributed by atoms with Crippen LogP contribution in [0.2, 0.25) is 0 Å². The normalized spacial score (nSPS) is 21.6. The van der Waals surface area contributed by atoms with Gasteiger partial charge in [0.2, 0.25) is 5.91 Å².